The van der Waals surface area contributed by atoms with Gasteiger partial charge in [-0.1, -0.05) is 12.1 Å². The standard InChI is InChI=1S/C13H17N3O3/c1-2-10-12(17)15-7-3-4-11(15)13(18)16(10)8-9-5-6-14-19-9/h5-6,10-11H,2-4,7-8H2,1H3. The lowest BCUT2D eigenvalue weighted by Gasteiger charge is -2.41. The molecule has 2 aliphatic heterocycles. The lowest BCUT2D eigenvalue weighted by atomic mass is 10.0. The van der Waals surface area contributed by atoms with Crippen molar-refractivity contribution >= 4 is 11.8 Å². The highest BCUT2D eigenvalue weighted by molar-refractivity contribution is 5.97. The normalized spacial score (nSPS) is 27.0. The molecule has 2 unspecified atom stereocenters. The monoisotopic (exact) mass is 263 g/mol. The van der Waals surface area contributed by atoms with Crippen LogP contribution in [0.15, 0.2) is 16.8 Å². The summed E-state index contributed by atoms with van der Waals surface area (Å²) in [4.78, 5) is 28.3. The Balaban J connectivity index is 1.87. The summed E-state index contributed by atoms with van der Waals surface area (Å²) in [6.45, 7) is 2.97. The number of carbonyl (C=O) groups is 2. The van der Waals surface area contributed by atoms with Gasteiger partial charge in [0.25, 0.3) is 0 Å². The number of hydrogen-bond donors (Lipinski definition) is 0. The fraction of sp³-hybridized carbons (Fsp3) is 0.615. The highest BCUT2D eigenvalue weighted by atomic mass is 16.5. The quantitative estimate of drug-likeness (QED) is 0.808. The van der Waals surface area contributed by atoms with E-state index >= 15 is 0 Å². The largest absolute Gasteiger partial charge is 0.360 e. The minimum absolute atomic E-state index is 0.0420. The van der Waals surface area contributed by atoms with Gasteiger partial charge in [0.1, 0.15) is 12.1 Å². The molecule has 6 nitrogen and oxygen atoms in total. The Labute approximate surface area is 111 Å². The van der Waals surface area contributed by atoms with E-state index in [1.54, 1.807) is 22.1 Å². The summed E-state index contributed by atoms with van der Waals surface area (Å²) in [5, 5.41) is 3.64. The minimum Gasteiger partial charge on any atom is -0.360 e. The lowest BCUT2D eigenvalue weighted by Crippen LogP contribution is -2.62. The van der Waals surface area contributed by atoms with Crippen molar-refractivity contribution in [2.24, 2.45) is 0 Å². The van der Waals surface area contributed by atoms with Crippen LogP contribution in [0.5, 0.6) is 0 Å². The molecule has 6 heteroatoms. The number of piperazine rings is 1. The van der Waals surface area contributed by atoms with E-state index in [0.717, 1.165) is 12.8 Å². The molecule has 0 radical (unpaired) electrons. The van der Waals surface area contributed by atoms with E-state index in [-0.39, 0.29) is 23.9 Å². The van der Waals surface area contributed by atoms with Gasteiger partial charge in [-0.25, -0.2) is 0 Å². The maximum atomic E-state index is 12.5. The second-order valence-electron chi connectivity index (χ2n) is 5.06. The predicted octanol–water partition coefficient (Wildman–Crippen LogP) is 0.786. The number of carbonyl (C=O) groups excluding carboxylic acids is 2. The van der Waals surface area contributed by atoms with E-state index in [4.69, 9.17) is 4.52 Å². The zero-order valence-corrected chi connectivity index (χ0v) is 10.9. The molecule has 19 heavy (non-hydrogen) atoms. The molecule has 0 N–H and O–H groups in total. The maximum absolute atomic E-state index is 12.5. The van der Waals surface area contributed by atoms with Crippen molar-refractivity contribution in [3.05, 3.63) is 18.0 Å². The minimum atomic E-state index is -0.369. The Kier molecular flexibility index (Phi) is 3.00. The van der Waals surface area contributed by atoms with Crippen molar-refractivity contribution < 1.29 is 14.1 Å². The Morgan fingerprint density at radius 2 is 2.26 bits per heavy atom. The number of hydrogen-bond acceptors (Lipinski definition) is 4. The van der Waals surface area contributed by atoms with Gasteiger partial charge in [-0.15, -0.1) is 0 Å². The van der Waals surface area contributed by atoms with Crippen molar-refractivity contribution in [2.75, 3.05) is 6.54 Å². The molecular formula is C13H17N3O3. The molecule has 3 heterocycles. The summed E-state index contributed by atoms with van der Waals surface area (Å²) in [5.74, 6) is 0.732. The van der Waals surface area contributed by atoms with Gasteiger partial charge in [-0.05, 0) is 19.3 Å². The zero-order chi connectivity index (χ0) is 13.4. The first kappa shape index (κ1) is 12.2. The second-order valence-corrected chi connectivity index (χ2v) is 5.06. The van der Waals surface area contributed by atoms with Crippen molar-refractivity contribution in [3.8, 4) is 0 Å². The van der Waals surface area contributed by atoms with Gasteiger partial charge in [0, 0.05) is 12.6 Å². The number of rotatable bonds is 3. The fourth-order valence-corrected chi connectivity index (χ4v) is 3.03. The van der Waals surface area contributed by atoms with Crippen LogP contribution in [0.4, 0.5) is 0 Å². The van der Waals surface area contributed by atoms with Gasteiger partial charge in [-0.2, -0.15) is 0 Å². The third-order valence-electron chi connectivity index (χ3n) is 3.97. The molecule has 2 saturated heterocycles. The molecule has 0 aliphatic carbocycles. The Morgan fingerprint density at radius 3 is 2.95 bits per heavy atom. The molecule has 0 aromatic carbocycles. The van der Waals surface area contributed by atoms with Crippen molar-refractivity contribution in [1.29, 1.82) is 0 Å². The van der Waals surface area contributed by atoms with Crippen LogP contribution < -0.4 is 0 Å². The summed E-state index contributed by atoms with van der Waals surface area (Å²) >= 11 is 0. The van der Waals surface area contributed by atoms with Crippen molar-refractivity contribution in [2.45, 2.75) is 44.8 Å². The number of nitrogens with zero attached hydrogens (tertiary/aromatic N) is 3. The Bertz CT molecular complexity index is 485. The summed E-state index contributed by atoms with van der Waals surface area (Å²) in [5.41, 5.74) is 0. The van der Waals surface area contributed by atoms with Crippen LogP contribution in [0, 0.1) is 0 Å². The molecule has 2 amide bonds. The van der Waals surface area contributed by atoms with Crippen LogP contribution in [0.1, 0.15) is 31.9 Å². The topological polar surface area (TPSA) is 66.7 Å². The summed E-state index contributed by atoms with van der Waals surface area (Å²) in [7, 11) is 0. The van der Waals surface area contributed by atoms with Crippen LogP contribution >= 0.6 is 0 Å². The van der Waals surface area contributed by atoms with Gasteiger partial charge in [0.05, 0.1) is 12.7 Å². The van der Waals surface area contributed by atoms with Crippen LogP contribution in [0.2, 0.25) is 0 Å². The number of fused-ring (bicyclic) bond motifs is 1. The molecule has 0 spiro atoms. The lowest BCUT2D eigenvalue weighted by molar-refractivity contribution is -0.160. The number of amides is 2. The molecule has 1 aromatic rings. The van der Waals surface area contributed by atoms with Crippen LogP contribution in [-0.4, -0.2) is 45.4 Å². The molecule has 0 bridgehead atoms. The molecular weight excluding hydrogens is 246 g/mol. The molecule has 3 rings (SSSR count). The van der Waals surface area contributed by atoms with E-state index in [9.17, 15) is 9.59 Å². The van der Waals surface area contributed by atoms with Gasteiger partial charge in [-0.3, -0.25) is 9.59 Å². The first-order valence-electron chi connectivity index (χ1n) is 6.73. The van der Waals surface area contributed by atoms with Gasteiger partial charge >= 0.3 is 0 Å². The Hall–Kier alpha value is -1.85. The van der Waals surface area contributed by atoms with Gasteiger partial charge < -0.3 is 14.3 Å². The van der Waals surface area contributed by atoms with E-state index in [1.807, 2.05) is 6.92 Å². The van der Waals surface area contributed by atoms with Gasteiger partial charge in [0.15, 0.2) is 5.76 Å². The third kappa shape index (κ3) is 1.91. The maximum Gasteiger partial charge on any atom is 0.246 e. The Morgan fingerprint density at radius 1 is 1.42 bits per heavy atom. The fourth-order valence-electron chi connectivity index (χ4n) is 3.03. The van der Waals surface area contributed by atoms with E-state index < -0.39 is 0 Å². The molecule has 1 aromatic heterocycles. The van der Waals surface area contributed by atoms with Crippen LogP contribution in [0.3, 0.4) is 0 Å². The zero-order valence-electron chi connectivity index (χ0n) is 10.9. The van der Waals surface area contributed by atoms with E-state index in [1.165, 1.54) is 0 Å². The van der Waals surface area contributed by atoms with E-state index in [0.29, 0.717) is 25.3 Å². The number of aromatic nitrogens is 1. The molecule has 0 saturated carbocycles. The summed E-state index contributed by atoms with van der Waals surface area (Å²) in [6.07, 6.45) is 3.86. The average molecular weight is 263 g/mol. The molecule has 2 atom stereocenters. The smallest absolute Gasteiger partial charge is 0.246 e. The highest BCUT2D eigenvalue weighted by Gasteiger charge is 2.47. The van der Waals surface area contributed by atoms with Crippen LogP contribution in [0.25, 0.3) is 0 Å². The molecule has 102 valence electrons. The first-order chi connectivity index (χ1) is 9.22. The van der Waals surface area contributed by atoms with Gasteiger partial charge in [0.2, 0.25) is 11.8 Å². The molecule has 2 aliphatic rings. The van der Waals surface area contributed by atoms with Crippen molar-refractivity contribution in [3.63, 3.8) is 0 Å². The third-order valence-corrected chi connectivity index (χ3v) is 3.97. The predicted molar refractivity (Wildman–Crippen MR) is 65.9 cm³/mol. The molecule has 2 fully saturated rings. The van der Waals surface area contributed by atoms with Crippen molar-refractivity contribution in [1.82, 2.24) is 15.0 Å². The summed E-state index contributed by atoms with van der Waals surface area (Å²) < 4.78 is 5.06. The average Bonchev–Trinajstić information content (AvgIpc) is 3.07. The SMILES string of the molecule is CCC1C(=O)N2CCCC2C(=O)N1Cc1ccno1. The van der Waals surface area contributed by atoms with Crippen LogP contribution in [-0.2, 0) is 16.1 Å². The van der Waals surface area contributed by atoms with E-state index in [2.05, 4.69) is 5.16 Å². The highest BCUT2D eigenvalue weighted by Crippen LogP contribution is 2.29. The second kappa shape index (κ2) is 4.68. The summed E-state index contributed by atoms with van der Waals surface area (Å²) in [6, 6.07) is 1.09. The first-order valence-corrected chi connectivity index (χ1v) is 6.73.